The van der Waals surface area contributed by atoms with Crippen molar-refractivity contribution in [3.05, 3.63) is 69.2 Å². The number of hydrogen-bond acceptors (Lipinski definition) is 5. The molecule has 0 spiro atoms. The van der Waals surface area contributed by atoms with Crippen molar-refractivity contribution in [3.8, 4) is 6.07 Å². The van der Waals surface area contributed by atoms with Crippen LogP contribution in [0.4, 0.5) is 0 Å². The highest BCUT2D eigenvalue weighted by Crippen LogP contribution is 2.39. The van der Waals surface area contributed by atoms with E-state index < -0.39 is 11.5 Å². The van der Waals surface area contributed by atoms with Crippen LogP contribution >= 0.6 is 11.6 Å². The van der Waals surface area contributed by atoms with E-state index in [0.29, 0.717) is 23.6 Å². The van der Waals surface area contributed by atoms with Crippen LogP contribution in [-0.4, -0.2) is 53.2 Å². The zero-order valence-electron chi connectivity index (χ0n) is 21.8. The first-order valence-corrected chi connectivity index (χ1v) is 13.8. The van der Waals surface area contributed by atoms with E-state index in [2.05, 4.69) is 22.4 Å². The largest absolute Gasteiger partial charge is 0.322 e. The molecule has 2 aromatic carbocycles. The minimum absolute atomic E-state index is 0.126. The van der Waals surface area contributed by atoms with Gasteiger partial charge in [-0.25, -0.2) is 0 Å². The van der Waals surface area contributed by atoms with Gasteiger partial charge in [0.05, 0.1) is 11.5 Å². The summed E-state index contributed by atoms with van der Waals surface area (Å²) in [6.45, 7) is 5.13. The Morgan fingerprint density at radius 1 is 1.13 bits per heavy atom. The van der Waals surface area contributed by atoms with Crippen molar-refractivity contribution in [2.24, 2.45) is 0 Å². The predicted molar refractivity (Wildman–Crippen MR) is 145 cm³/mol. The predicted octanol–water partition coefficient (Wildman–Crippen LogP) is 4.29. The summed E-state index contributed by atoms with van der Waals surface area (Å²) in [5.41, 5.74) is 4.36. The van der Waals surface area contributed by atoms with Crippen molar-refractivity contribution in [2.75, 3.05) is 19.6 Å². The molecule has 1 unspecified atom stereocenters. The standard InChI is InChI=1S/C30H33ClN4O3/c1-20-8-9-24(25(31)17-20)30(19-32)12-15-34(16-13-30)14-3-2-5-21-6-4-7-22-23(21)18-35(29(22)38)26-10-11-27(36)33-28(26)37/h4,6-9,17,26H,2-3,5,10-16,18H2,1H3,(H,33,36,37). The number of imide groups is 1. The van der Waals surface area contributed by atoms with Crippen molar-refractivity contribution in [1.29, 1.82) is 5.26 Å². The lowest BCUT2D eigenvalue weighted by atomic mass is 9.74. The zero-order valence-corrected chi connectivity index (χ0v) is 22.5. The van der Waals surface area contributed by atoms with Gasteiger partial charge in [-0.3, -0.25) is 19.7 Å². The summed E-state index contributed by atoms with van der Waals surface area (Å²) in [5, 5.41) is 13.1. The summed E-state index contributed by atoms with van der Waals surface area (Å²) in [6.07, 6.45) is 5.07. The first kappa shape index (κ1) is 26.4. The molecule has 0 aromatic heterocycles. The lowest BCUT2D eigenvalue weighted by molar-refractivity contribution is -0.136. The average Bonchev–Trinajstić information content (AvgIpc) is 3.24. The van der Waals surface area contributed by atoms with E-state index in [1.807, 2.05) is 37.3 Å². The number of carbonyl (C=O) groups is 3. The monoisotopic (exact) mass is 532 g/mol. The van der Waals surface area contributed by atoms with E-state index in [0.717, 1.165) is 74.0 Å². The Bertz CT molecular complexity index is 1310. The maximum atomic E-state index is 13.1. The van der Waals surface area contributed by atoms with E-state index in [1.54, 1.807) is 4.90 Å². The molecule has 3 heterocycles. The Balaban J connectivity index is 1.14. The molecule has 0 radical (unpaired) electrons. The third kappa shape index (κ3) is 5.08. The van der Waals surface area contributed by atoms with Crippen LogP contribution in [-0.2, 0) is 28.0 Å². The highest BCUT2D eigenvalue weighted by atomic mass is 35.5. The molecule has 7 nitrogen and oxygen atoms in total. The normalized spacial score (nSPS) is 21.2. The number of nitriles is 1. The molecule has 2 fully saturated rings. The van der Waals surface area contributed by atoms with Gasteiger partial charge in [0.25, 0.3) is 5.91 Å². The Morgan fingerprint density at radius 2 is 1.92 bits per heavy atom. The smallest absolute Gasteiger partial charge is 0.255 e. The molecule has 3 amide bonds. The molecule has 3 aliphatic heterocycles. The summed E-state index contributed by atoms with van der Waals surface area (Å²) in [4.78, 5) is 41.0. The van der Waals surface area contributed by atoms with Crippen LogP contribution in [0.5, 0.6) is 0 Å². The van der Waals surface area contributed by atoms with E-state index in [-0.39, 0.29) is 24.1 Å². The Labute approximate surface area is 228 Å². The number of amides is 3. The molecule has 1 N–H and O–H groups in total. The van der Waals surface area contributed by atoms with Crippen LogP contribution in [0.25, 0.3) is 0 Å². The van der Waals surface area contributed by atoms with Gasteiger partial charge in [-0.05, 0) is 99.5 Å². The van der Waals surface area contributed by atoms with Gasteiger partial charge >= 0.3 is 0 Å². The summed E-state index contributed by atoms with van der Waals surface area (Å²) >= 11 is 6.52. The molecule has 0 aliphatic carbocycles. The van der Waals surface area contributed by atoms with Gasteiger partial charge in [-0.2, -0.15) is 5.26 Å². The van der Waals surface area contributed by atoms with Crippen LogP contribution in [0.15, 0.2) is 36.4 Å². The van der Waals surface area contributed by atoms with Gasteiger partial charge in [0.1, 0.15) is 6.04 Å². The van der Waals surface area contributed by atoms with Crippen molar-refractivity contribution < 1.29 is 14.4 Å². The average molecular weight is 533 g/mol. The number of nitrogens with zero attached hydrogens (tertiary/aromatic N) is 3. The third-order valence-corrected chi connectivity index (χ3v) is 8.73. The molecule has 8 heteroatoms. The molecular weight excluding hydrogens is 500 g/mol. The minimum atomic E-state index is -0.588. The zero-order chi connectivity index (χ0) is 26.9. The molecule has 198 valence electrons. The molecule has 2 saturated heterocycles. The number of carbonyl (C=O) groups excluding carboxylic acids is 3. The number of aryl methyl sites for hydroxylation is 2. The van der Waals surface area contributed by atoms with Gasteiger partial charge in [-0.1, -0.05) is 35.9 Å². The molecular formula is C30H33ClN4O3. The fourth-order valence-electron chi connectivity index (χ4n) is 6.14. The number of fused-ring (bicyclic) bond motifs is 1. The Kier molecular flexibility index (Phi) is 7.56. The molecule has 0 saturated carbocycles. The summed E-state index contributed by atoms with van der Waals surface area (Å²) < 4.78 is 0. The number of nitrogens with one attached hydrogen (secondary N) is 1. The van der Waals surface area contributed by atoms with Crippen LogP contribution in [0, 0.1) is 18.3 Å². The van der Waals surface area contributed by atoms with Crippen LogP contribution in [0.1, 0.15) is 71.1 Å². The summed E-state index contributed by atoms with van der Waals surface area (Å²) in [7, 11) is 0. The number of halogens is 1. The Morgan fingerprint density at radius 3 is 2.63 bits per heavy atom. The van der Waals surface area contributed by atoms with E-state index >= 15 is 0 Å². The topological polar surface area (TPSA) is 93.5 Å². The fourth-order valence-corrected chi connectivity index (χ4v) is 6.56. The van der Waals surface area contributed by atoms with Crippen LogP contribution < -0.4 is 5.32 Å². The van der Waals surface area contributed by atoms with Crippen molar-refractivity contribution in [2.45, 2.75) is 69.9 Å². The number of rotatable bonds is 7. The van der Waals surface area contributed by atoms with Crippen molar-refractivity contribution in [1.82, 2.24) is 15.1 Å². The number of piperidine rings is 2. The molecule has 2 aromatic rings. The summed E-state index contributed by atoms with van der Waals surface area (Å²) in [6, 6.07) is 13.8. The third-order valence-electron chi connectivity index (χ3n) is 8.41. The van der Waals surface area contributed by atoms with Crippen LogP contribution in [0.3, 0.4) is 0 Å². The van der Waals surface area contributed by atoms with Crippen LogP contribution in [0.2, 0.25) is 5.02 Å². The highest BCUT2D eigenvalue weighted by molar-refractivity contribution is 6.31. The van der Waals surface area contributed by atoms with Gasteiger partial charge in [0, 0.05) is 23.6 Å². The number of benzene rings is 2. The lowest BCUT2D eigenvalue weighted by Crippen LogP contribution is -2.52. The highest BCUT2D eigenvalue weighted by Gasteiger charge is 2.40. The molecule has 3 aliphatic rings. The second-order valence-electron chi connectivity index (χ2n) is 10.8. The maximum Gasteiger partial charge on any atom is 0.255 e. The number of hydrogen-bond donors (Lipinski definition) is 1. The van der Waals surface area contributed by atoms with Gasteiger partial charge < -0.3 is 9.80 Å². The Hall–Kier alpha value is -3.21. The first-order valence-electron chi connectivity index (χ1n) is 13.5. The van der Waals surface area contributed by atoms with Gasteiger partial charge in [-0.15, -0.1) is 0 Å². The summed E-state index contributed by atoms with van der Waals surface area (Å²) in [5.74, 6) is -0.781. The number of unbranched alkanes of at least 4 members (excludes halogenated alkanes) is 1. The SMILES string of the molecule is Cc1ccc(C2(C#N)CCN(CCCCc3cccc4c3CN(C3CCC(=O)NC3=O)C4=O)CC2)c(Cl)c1. The van der Waals surface area contributed by atoms with E-state index in [4.69, 9.17) is 11.6 Å². The second kappa shape index (κ2) is 10.9. The molecule has 0 bridgehead atoms. The quantitative estimate of drug-likeness (QED) is 0.424. The van der Waals surface area contributed by atoms with Gasteiger partial charge in [0.15, 0.2) is 0 Å². The maximum absolute atomic E-state index is 13.1. The first-order chi connectivity index (χ1) is 18.3. The molecule has 38 heavy (non-hydrogen) atoms. The fraction of sp³-hybridized carbons (Fsp3) is 0.467. The van der Waals surface area contributed by atoms with E-state index in [9.17, 15) is 19.6 Å². The van der Waals surface area contributed by atoms with E-state index in [1.165, 1.54) is 0 Å². The van der Waals surface area contributed by atoms with Crippen molar-refractivity contribution >= 4 is 29.3 Å². The molecule has 5 rings (SSSR count). The minimum Gasteiger partial charge on any atom is -0.322 e. The molecule has 1 atom stereocenters. The van der Waals surface area contributed by atoms with Crippen molar-refractivity contribution in [3.63, 3.8) is 0 Å². The second-order valence-corrected chi connectivity index (χ2v) is 11.2. The van der Waals surface area contributed by atoms with Gasteiger partial charge in [0.2, 0.25) is 11.8 Å². The lowest BCUT2D eigenvalue weighted by Gasteiger charge is -2.38. The number of likely N-dealkylation sites (tertiary alicyclic amines) is 1.